The van der Waals surface area contributed by atoms with Crippen LogP contribution in [0, 0.1) is 5.92 Å². The molecule has 2 aromatic rings. The highest BCUT2D eigenvalue weighted by Gasteiger charge is 2.42. The molecule has 3 fully saturated rings. The van der Waals surface area contributed by atoms with Gasteiger partial charge < -0.3 is 30.5 Å². The number of carboxylic acid groups (broad SMARTS) is 1. The highest BCUT2D eigenvalue weighted by molar-refractivity contribution is 5.71. The number of nitrogens with one attached hydrogen (secondary N) is 3. The second kappa shape index (κ2) is 11.4. The van der Waals surface area contributed by atoms with Gasteiger partial charge in [-0.1, -0.05) is 18.2 Å². The first-order chi connectivity index (χ1) is 18.7. The standard InChI is InChI=1S/C27H31F3N4O5/c28-27(29,30)19-11-16(4-5-18(19)15-6-10-33-21(12-15)20-3-1-2-8-32-20)24-23(38-25(35)34-24)13-17-14-31-9-7-22(17)39-26(36)37/h1-5,8,11,15,17,21-24,31,33H,6-7,9-10,12-14H2,(H,34,35)(H,36,37). The molecule has 9 nitrogen and oxygen atoms in total. The van der Waals surface area contributed by atoms with Crippen LogP contribution in [0.15, 0.2) is 42.6 Å². The number of aromatic nitrogens is 1. The molecule has 0 spiro atoms. The summed E-state index contributed by atoms with van der Waals surface area (Å²) in [5.74, 6) is -0.619. The number of piperidine rings is 2. The molecule has 0 saturated carbocycles. The molecule has 6 atom stereocenters. The molecule has 1 aromatic heterocycles. The quantitative estimate of drug-likeness (QED) is 0.389. The number of halogens is 3. The third kappa shape index (κ3) is 6.27. The molecule has 1 amide bonds. The van der Waals surface area contributed by atoms with Gasteiger partial charge in [0.25, 0.3) is 0 Å². The van der Waals surface area contributed by atoms with Gasteiger partial charge in [-0.15, -0.1) is 0 Å². The number of nitrogens with zero attached hydrogens (tertiary/aromatic N) is 1. The lowest BCUT2D eigenvalue weighted by atomic mass is 9.81. The van der Waals surface area contributed by atoms with E-state index < -0.39 is 42.2 Å². The fraction of sp³-hybridized carbons (Fsp3) is 0.519. The fourth-order valence-corrected chi connectivity index (χ4v) is 6.03. The van der Waals surface area contributed by atoms with Crippen LogP contribution in [0.3, 0.4) is 0 Å². The Bertz CT molecular complexity index is 1180. The zero-order valence-corrected chi connectivity index (χ0v) is 21.1. The Hall–Kier alpha value is -3.38. The number of alkyl halides is 3. The topological polar surface area (TPSA) is 122 Å². The van der Waals surface area contributed by atoms with E-state index in [2.05, 4.69) is 20.9 Å². The van der Waals surface area contributed by atoms with E-state index in [1.807, 2.05) is 12.1 Å². The van der Waals surface area contributed by atoms with Crippen LogP contribution in [0.4, 0.5) is 22.8 Å². The minimum atomic E-state index is -4.59. The highest BCUT2D eigenvalue weighted by atomic mass is 19.4. The molecule has 39 heavy (non-hydrogen) atoms. The maximum Gasteiger partial charge on any atom is 0.506 e. The Morgan fingerprint density at radius 2 is 2.03 bits per heavy atom. The summed E-state index contributed by atoms with van der Waals surface area (Å²) in [7, 11) is 0. The van der Waals surface area contributed by atoms with Crippen molar-refractivity contribution in [1.82, 2.24) is 20.9 Å². The van der Waals surface area contributed by atoms with Gasteiger partial charge in [-0.25, -0.2) is 9.59 Å². The van der Waals surface area contributed by atoms with Crippen LogP contribution in [-0.2, 0) is 15.7 Å². The van der Waals surface area contributed by atoms with E-state index in [4.69, 9.17) is 14.6 Å². The van der Waals surface area contributed by atoms with Crippen LogP contribution < -0.4 is 16.0 Å². The van der Waals surface area contributed by atoms with Gasteiger partial charge in [0.15, 0.2) is 0 Å². The van der Waals surface area contributed by atoms with Gasteiger partial charge in [0.05, 0.1) is 23.3 Å². The van der Waals surface area contributed by atoms with Gasteiger partial charge in [-0.3, -0.25) is 4.98 Å². The minimum absolute atomic E-state index is 0.150. The molecule has 3 aliphatic rings. The summed E-state index contributed by atoms with van der Waals surface area (Å²) in [6.45, 7) is 1.59. The predicted molar refractivity (Wildman–Crippen MR) is 133 cm³/mol. The van der Waals surface area contributed by atoms with Crippen molar-refractivity contribution >= 4 is 12.2 Å². The largest absolute Gasteiger partial charge is 0.506 e. The molecule has 12 heteroatoms. The number of cyclic esters (lactones) is 1. The summed E-state index contributed by atoms with van der Waals surface area (Å²) in [4.78, 5) is 27.7. The van der Waals surface area contributed by atoms with E-state index >= 15 is 0 Å². The average molecular weight is 549 g/mol. The second-order valence-electron chi connectivity index (χ2n) is 10.3. The third-order valence-electron chi connectivity index (χ3n) is 7.86. The van der Waals surface area contributed by atoms with Crippen molar-refractivity contribution in [2.75, 3.05) is 19.6 Å². The Labute approximate surface area is 223 Å². The monoisotopic (exact) mass is 548 g/mol. The van der Waals surface area contributed by atoms with Crippen LogP contribution in [-0.4, -0.2) is 54.2 Å². The summed E-state index contributed by atoms with van der Waals surface area (Å²) < 4.78 is 53.6. The lowest BCUT2D eigenvalue weighted by molar-refractivity contribution is -0.138. The number of benzene rings is 1. The molecule has 4 N–H and O–H groups in total. The van der Waals surface area contributed by atoms with E-state index in [9.17, 15) is 22.8 Å². The molecule has 3 saturated heterocycles. The van der Waals surface area contributed by atoms with Crippen LogP contribution in [0.2, 0.25) is 0 Å². The normalized spacial score (nSPS) is 29.4. The molecule has 0 aliphatic carbocycles. The van der Waals surface area contributed by atoms with E-state index in [1.165, 1.54) is 6.07 Å². The second-order valence-corrected chi connectivity index (χ2v) is 10.3. The first-order valence-electron chi connectivity index (χ1n) is 13.1. The number of hydrogen-bond acceptors (Lipinski definition) is 7. The predicted octanol–water partition coefficient (Wildman–Crippen LogP) is 4.52. The molecule has 5 rings (SSSR count). The number of rotatable bonds is 6. The number of hydrogen-bond donors (Lipinski definition) is 4. The summed E-state index contributed by atoms with van der Waals surface area (Å²) >= 11 is 0. The molecular formula is C27H31F3N4O5. The zero-order valence-electron chi connectivity index (χ0n) is 21.1. The first-order valence-corrected chi connectivity index (χ1v) is 13.1. The number of ether oxygens (including phenoxy) is 2. The molecule has 1 aromatic carbocycles. The van der Waals surface area contributed by atoms with Crippen LogP contribution in [0.5, 0.6) is 0 Å². The van der Waals surface area contributed by atoms with Gasteiger partial charge in [0, 0.05) is 18.7 Å². The van der Waals surface area contributed by atoms with Crippen molar-refractivity contribution in [3.05, 3.63) is 65.0 Å². The zero-order chi connectivity index (χ0) is 27.6. The molecule has 0 radical (unpaired) electrons. The van der Waals surface area contributed by atoms with Crippen LogP contribution in [0.1, 0.15) is 66.1 Å². The summed E-state index contributed by atoms with van der Waals surface area (Å²) in [5.41, 5.74) is 0.583. The molecule has 210 valence electrons. The minimum Gasteiger partial charge on any atom is -0.450 e. The molecule has 6 unspecified atom stereocenters. The van der Waals surface area contributed by atoms with Crippen molar-refractivity contribution in [2.24, 2.45) is 5.92 Å². The molecule has 3 aliphatic heterocycles. The van der Waals surface area contributed by atoms with Gasteiger partial charge in [0.1, 0.15) is 12.2 Å². The van der Waals surface area contributed by atoms with E-state index in [0.29, 0.717) is 38.9 Å². The average Bonchev–Trinajstić information content (AvgIpc) is 3.29. The summed E-state index contributed by atoms with van der Waals surface area (Å²) in [6, 6.07) is 8.82. The lowest BCUT2D eigenvalue weighted by Crippen LogP contribution is -2.44. The van der Waals surface area contributed by atoms with Gasteiger partial charge in [-0.05, 0) is 74.0 Å². The smallest absolute Gasteiger partial charge is 0.450 e. The Kier molecular flexibility index (Phi) is 7.94. The van der Waals surface area contributed by atoms with Crippen molar-refractivity contribution in [3.8, 4) is 0 Å². The number of carbonyl (C=O) groups is 2. The van der Waals surface area contributed by atoms with Crippen LogP contribution in [0.25, 0.3) is 0 Å². The number of alkyl carbamates (subject to hydrolysis) is 1. The van der Waals surface area contributed by atoms with Crippen molar-refractivity contribution in [3.63, 3.8) is 0 Å². The highest BCUT2D eigenvalue weighted by Crippen LogP contribution is 2.43. The Balaban J connectivity index is 1.39. The molecular weight excluding hydrogens is 517 g/mol. The summed E-state index contributed by atoms with van der Waals surface area (Å²) in [6.07, 6.45) is -4.69. The van der Waals surface area contributed by atoms with Crippen LogP contribution >= 0.6 is 0 Å². The van der Waals surface area contributed by atoms with E-state index in [-0.39, 0.29) is 35.4 Å². The van der Waals surface area contributed by atoms with E-state index in [1.54, 1.807) is 18.3 Å². The SMILES string of the molecule is O=C(O)OC1CCNCC1CC1OC(=O)NC1c1ccc(C2CCNC(c3ccccn3)C2)c(C(F)(F)F)c1. The van der Waals surface area contributed by atoms with Crippen molar-refractivity contribution in [1.29, 1.82) is 0 Å². The first kappa shape index (κ1) is 27.2. The fourth-order valence-electron chi connectivity index (χ4n) is 6.03. The lowest BCUT2D eigenvalue weighted by Gasteiger charge is -2.33. The maximum atomic E-state index is 14.4. The molecule has 4 heterocycles. The van der Waals surface area contributed by atoms with Crippen molar-refractivity contribution < 1.29 is 37.3 Å². The van der Waals surface area contributed by atoms with Gasteiger partial charge >= 0.3 is 18.4 Å². The Morgan fingerprint density at radius 1 is 1.18 bits per heavy atom. The van der Waals surface area contributed by atoms with Gasteiger partial charge in [0.2, 0.25) is 0 Å². The number of amides is 1. The maximum absolute atomic E-state index is 14.4. The summed E-state index contributed by atoms with van der Waals surface area (Å²) in [5, 5.41) is 18.3. The Morgan fingerprint density at radius 3 is 2.77 bits per heavy atom. The van der Waals surface area contributed by atoms with Crippen molar-refractivity contribution in [2.45, 2.75) is 62.1 Å². The molecule has 0 bridgehead atoms. The third-order valence-corrected chi connectivity index (χ3v) is 7.86. The van der Waals surface area contributed by atoms with E-state index in [0.717, 1.165) is 11.8 Å². The van der Waals surface area contributed by atoms with Gasteiger partial charge in [-0.2, -0.15) is 13.2 Å². The number of pyridine rings is 1. The number of carbonyl (C=O) groups excluding carboxylic acids is 1.